The summed E-state index contributed by atoms with van der Waals surface area (Å²) in [5.41, 5.74) is 1.07. The maximum atomic E-state index is 13.3. The first-order valence-corrected chi connectivity index (χ1v) is 6.59. The molecule has 0 aliphatic rings. The smallest absolute Gasteiger partial charge is 0.236 e. The third kappa shape index (κ3) is 4.63. The van der Waals surface area contributed by atoms with E-state index in [1.807, 2.05) is 11.8 Å². The predicted octanol–water partition coefficient (Wildman–Crippen LogP) is 2.00. The van der Waals surface area contributed by atoms with E-state index in [9.17, 15) is 9.18 Å². The molecule has 0 fully saturated rings. The summed E-state index contributed by atoms with van der Waals surface area (Å²) in [7, 11) is 3.41. The minimum Gasteiger partial charge on any atom is -0.348 e. The molecule has 0 atom stereocenters. The van der Waals surface area contributed by atoms with Crippen molar-refractivity contribution >= 4 is 5.91 Å². The first kappa shape index (κ1) is 16.1. The first-order chi connectivity index (χ1) is 9.47. The first-order valence-electron chi connectivity index (χ1n) is 6.59. The number of amides is 1. The molecule has 1 aromatic carbocycles. The van der Waals surface area contributed by atoms with E-state index in [0.717, 1.165) is 13.0 Å². The van der Waals surface area contributed by atoms with Crippen molar-refractivity contribution in [2.24, 2.45) is 0 Å². The van der Waals surface area contributed by atoms with Crippen LogP contribution in [0, 0.1) is 17.1 Å². The normalized spacial score (nSPS) is 10.4. The maximum absolute atomic E-state index is 13.3. The highest BCUT2D eigenvalue weighted by molar-refractivity contribution is 5.77. The van der Waals surface area contributed by atoms with Crippen molar-refractivity contribution in [3.63, 3.8) is 0 Å². The van der Waals surface area contributed by atoms with Gasteiger partial charge in [0.05, 0.1) is 18.2 Å². The highest BCUT2D eigenvalue weighted by Gasteiger charge is 2.14. The summed E-state index contributed by atoms with van der Waals surface area (Å²) >= 11 is 0. The number of carbonyl (C=O) groups is 1. The second-order valence-corrected chi connectivity index (χ2v) is 4.91. The Kier molecular flexibility index (Phi) is 6.13. The van der Waals surface area contributed by atoms with Crippen molar-refractivity contribution in [1.29, 1.82) is 5.26 Å². The second-order valence-electron chi connectivity index (χ2n) is 4.91. The van der Waals surface area contributed by atoms with Gasteiger partial charge in [0.2, 0.25) is 5.91 Å². The summed E-state index contributed by atoms with van der Waals surface area (Å²) in [4.78, 5) is 15.2. The van der Waals surface area contributed by atoms with Crippen molar-refractivity contribution in [1.82, 2.24) is 9.80 Å². The molecule has 1 amide bonds. The number of nitriles is 1. The van der Waals surface area contributed by atoms with E-state index in [1.54, 1.807) is 14.1 Å². The van der Waals surface area contributed by atoms with Crippen LogP contribution < -0.4 is 0 Å². The van der Waals surface area contributed by atoms with Gasteiger partial charge in [-0.1, -0.05) is 6.92 Å². The molecule has 0 bridgehead atoms. The lowest BCUT2D eigenvalue weighted by Gasteiger charge is -2.23. The molecule has 4 nitrogen and oxygen atoms in total. The molecule has 0 saturated heterocycles. The topological polar surface area (TPSA) is 47.3 Å². The Morgan fingerprint density at radius 3 is 2.65 bits per heavy atom. The largest absolute Gasteiger partial charge is 0.348 e. The molecule has 0 aliphatic carbocycles. The summed E-state index contributed by atoms with van der Waals surface area (Å²) in [6.07, 6.45) is 0.887. The molecule has 0 aliphatic heterocycles. The molecule has 5 heteroatoms. The fourth-order valence-corrected chi connectivity index (χ4v) is 1.91. The van der Waals surface area contributed by atoms with Gasteiger partial charge in [-0.25, -0.2) is 4.39 Å². The number of nitrogens with zero attached hydrogens (tertiary/aromatic N) is 3. The van der Waals surface area contributed by atoms with Gasteiger partial charge in [0.1, 0.15) is 5.82 Å². The van der Waals surface area contributed by atoms with Gasteiger partial charge in [-0.05, 0) is 36.7 Å². The number of hydrogen-bond donors (Lipinski definition) is 0. The lowest BCUT2D eigenvalue weighted by Crippen LogP contribution is -2.36. The molecule has 1 aromatic rings. The number of carbonyl (C=O) groups excluding carboxylic acids is 1. The molecule has 0 aromatic heterocycles. The minimum absolute atomic E-state index is 0.00615. The SMILES string of the molecule is CCCN(CC(=O)N(C)C)Cc1cc(F)ccc1C#N. The van der Waals surface area contributed by atoms with Crippen LogP contribution in [0.1, 0.15) is 24.5 Å². The summed E-state index contributed by atoms with van der Waals surface area (Å²) in [5.74, 6) is -0.372. The van der Waals surface area contributed by atoms with Crippen LogP contribution in [0.3, 0.4) is 0 Å². The van der Waals surface area contributed by atoms with Crippen molar-refractivity contribution in [3.8, 4) is 6.07 Å². The Hall–Kier alpha value is -1.93. The molecule has 1 rings (SSSR count). The molecule has 0 heterocycles. The Morgan fingerprint density at radius 1 is 1.40 bits per heavy atom. The molecule has 0 unspecified atom stereocenters. The Balaban J connectivity index is 2.88. The molecule has 0 saturated carbocycles. The highest BCUT2D eigenvalue weighted by atomic mass is 19.1. The van der Waals surface area contributed by atoms with Gasteiger partial charge in [-0.2, -0.15) is 5.26 Å². The quantitative estimate of drug-likeness (QED) is 0.799. The van der Waals surface area contributed by atoms with Gasteiger partial charge in [-0.3, -0.25) is 9.69 Å². The third-order valence-electron chi connectivity index (χ3n) is 2.98. The number of likely N-dealkylation sites (N-methyl/N-ethyl adjacent to an activating group) is 1. The minimum atomic E-state index is -0.366. The van der Waals surface area contributed by atoms with Crippen LogP contribution in [-0.2, 0) is 11.3 Å². The summed E-state index contributed by atoms with van der Waals surface area (Å²) in [6, 6.07) is 6.17. The van der Waals surface area contributed by atoms with Crippen LogP contribution in [0.4, 0.5) is 4.39 Å². The third-order valence-corrected chi connectivity index (χ3v) is 2.98. The molecular weight excluding hydrogens is 257 g/mol. The molecule has 0 spiro atoms. The van der Waals surface area contributed by atoms with Crippen LogP contribution in [-0.4, -0.2) is 42.9 Å². The Labute approximate surface area is 119 Å². The Bertz CT molecular complexity index is 508. The number of rotatable bonds is 6. The van der Waals surface area contributed by atoms with Crippen LogP contribution in [0.5, 0.6) is 0 Å². The number of benzene rings is 1. The van der Waals surface area contributed by atoms with Gasteiger partial charge in [0, 0.05) is 20.6 Å². The van der Waals surface area contributed by atoms with E-state index >= 15 is 0 Å². The number of halogens is 1. The van der Waals surface area contributed by atoms with Gasteiger partial charge in [0.15, 0.2) is 0 Å². The predicted molar refractivity (Wildman–Crippen MR) is 75.4 cm³/mol. The molecular formula is C15H20FN3O. The van der Waals surface area contributed by atoms with Gasteiger partial charge < -0.3 is 4.90 Å². The monoisotopic (exact) mass is 277 g/mol. The number of hydrogen-bond acceptors (Lipinski definition) is 3. The van der Waals surface area contributed by atoms with E-state index in [2.05, 4.69) is 6.07 Å². The van der Waals surface area contributed by atoms with Gasteiger partial charge in [0.25, 0.3) is 0 Å². The van der Waals surface area contributed by atoms with E-state index < -0.39 is 0 Å². The van der Waals surface area contributed by atoms with Crippen molar-refractivity contribution in [2.75, 3.05) is 27.2 Å². The van der Waals surface area contributed by atoms with Crippen LogP contribution >= 0.6 is 0 Å². The van der Waals surface area contributed by atoms with E-state index in [4.69, 9.17) is 5.26 Å². The average molecular weight is 277 g/mol. The second kappa shape index (κ2) is 7.61. The molecule has 0 radical (unpaired) electrons. The van der Waals surface area contributed by atoms with Gasteiger partial charge >= 0.3 is 0 Å². The van der Waals surface area contributed by atoms with Crippen molar-refractivity contribution in [3.05, 3.63) is 35.1 Å². The lowest BCUT2D eigenvalue weighted by atomic mass is 10.1. The van der Waals surface area contributed by atoms with E-state index in [-0.39, 0.29) is 18.3 Å². The molecule has 20 heavy (non-hydrogen) atoms. The van der Waals surface area contributed by atoms with E-state index in [1.165, 1.54) is 23.1 Å². The zero-order valence-electron chi connectivity index (χ0n) is 12.2. The van der Waals surface area contributed by atoms with Crippen LogP contribution in [0.2, 0.25) is 0 Å². The summed E-state index contributed by atoms with van der Waals surface area (Å²) in [5, 5.41) is 9.06. The van der Waals surface area contributed by atoms with E-state index in [0.29, 0.717) is 17.7 Å². The summed E-state index contributed by atoms with van der Waals surface area (Å²) < 4.78 is 13.3. The average Bonchev–Trinajstić information content (AvgIpc) is 2.39. The van der Waals surface area contributed by atoms with Crippen LogP contribution in [0.25, 0.3) is 0 Å². The highest BCUT2D eigenvalue weighted by Crippen LogP contribution is 2.13. The van der Waals surface area contributed by atoms with Crippen molar-refractivity contribution in [2.45, 2.75) is 19.9 Å². The van der Waals surface area contributed by atoms with Crippen LogP contribution in [0.15, 0.2) is 18.2 Å². The fourth-order valence-electron chi connectivity index (χ4n) is 1.91. The molecule has 108 valence electrons. The van der Waals surface area contributed by atoms with Gasteiger partial charge in [-0.15, -0.1) is 0 Å². The summed E-state index contributed by atoms with van der Waals surface area (Å²) in [6.45, 7) is 3.40. The standard InChI is InChI=1S/C15H20FN3O/c1-4-7-19(11-15(20)18(2)3)10-13-8-14(16)6-5-12(13)9-17/h5-6,8H,4,7,10-11H2,1-3H3. The Morgan fingerprint density at radius 2 is 2.10 bits per heavy atom. The lowest BCUT2D eigenvalue weighted by molar-refractivity contribution is -0.130. The zero-order valence-corrected chi connectivity index (χ0v) is 12.2. The maximum Gasteiger partial charge on any atom is 0.236 e. The zero-order chi connectivity index (χ0) is 15.1. The molecule has 0 N–H and O–H groups in total. The fraction of sp³-hybridized carbons (Fsp3) is 0.467. The van der Waals surface area contributed by atoms with Crippen molar-refractivity contribution < 1.29 is 9.18 Å².